The summed E-state index contributed by atoms with van der Waals surface area (Å²) in [4.78, 5) is 0. The van der Waals surface area contributed by atoms with Crippen LogP contribution in [-0.2, 0) is 0 Å². The van der Waals surface area contributed by atoms with Gasteiger partial charge in [0.25, 0.3) is 0 Å². The molecule has 0 radical (unpaired) electrons. The van der Waals surface area contributed by atoms with Crippen LogP contribution in [0.1, 0.15) is 11.1 Å². The lowest BCUT2D eigenvalue weighted by molar-refractivity contribution is 1.64. The van der Waals surface area contributed by atoms with Crippen LogP contribution >= 0.6 is 0 Å². The lowest BCUT2D eigenvalue weighted by atomic mass is 10.2. The highest BCUT2D eigenvalue weighted by Crippen LogP contribution is 2.03. The topological polar surface area (TPSA) is 52.0 Å². The first-order valence-electron chi connectivity index (χ1n) is 5.30. The van der Waals surface area contributed by atoms with Gasteiger partial charge in [0, 0.05) is 22.5 Å². The van der Waals surface area contributed by atoms with Crippen molar-refractivity contribution < 1.29 is 0 Å². The highest BCUT2D eigenvalue weighted by Gasteiger charge is 1.83. The maximum absolute atomic E-state index is 5.41. The smallest absolute Gasteiger partial charge is 0.0314 e. The van der Waals surface area contributed by atoms with E-state index in [0.29, 0.717) is 0 Å². The van der Waals surface area contributed by atoms with Crippen LogP contribution < -0.4 is 11.5 Å². The number of terminal acetylenes is 2. The zero-order chi connectivity index (χ0) is 13.4. The molecule has 0 heterocycles. The third kappa shape index (κ3) is 4.35. The van der Waals surface area contributed by atoms with Crippen molar-refractivity contribution in [3.8, 4) is 24.7 Å². The third-order valence-corrected chi connectivity index (χ3v) is 2.15. The van der Waals surface area contributed by atoms with E-state index in [4.69, 9.17) is 24.3 Å². The molecule has 2 nitrogen and oxygen atoms in total. The Balaban J connectivity index is 0.000000180. The summed E-state index contributed by atoms with van der Waals surface area (Å²) in [5.74, 6) is 5.00. The first kappa shape index (κ1) is 13.2. The van der Waals surface area contributed by atoms with E-state index >= 15 is 0 Å². The molecule has 4 N–H and O–H groups in total. The maximum Gasteiger partial charge on any atom is 0.0314 e. The van der Waals surface area contributed by atoms with E-state index in [1.165, 1.54) is 0 Å². The predicted octanol–water partition coefficient (Wildman–Crippen LogP) is 2.50. The summed E-state index contributed by atoms with van der Waals surface area (Å²) in [5, 5.41) is 0. The van der Waals surface area contributed by atoms with Gasteiger partial charge in [0.1, 0.15) is 0 Å². The van der Waals surface area contributed by atoms with Crippen LogP contribution in [0.5, 0.6) is 0 Å². The number of nitrogens with two attached hydrogens (primary N) is 2. The van der Waals surface area contributed by atoms with Gasteiger partial charge in [-0.25, -0.2) is 0 Å². The summed E-state index contributed by atoms with van der Waals surface area (Å²) < 4.78 is 0. The fraction of sp³-hybridized carbons (Fsp3) is 0. The Morgan fingerprint density at radius 1 is 0.611 bits per heavy atom. The molecule has 0 bridgehead atoms. The molecule has 0 fully saturated rings. The molecule has 0 aliphatic rings. The number of hydrogen-bond donors (Lipinski definition) is 2. The molecule has 0 aromatic heterocycles. The lowest BCUT2D eigenvalue weighted by Crippen LogP contribution is -1.82. The van der Waals surface area contributed by atoms with Crippen molar-refractivity contribution >= 4 is 11.4 Å². The van der Waals surface area contributed by atoms with Gasteiger partial charge >= 0.3 is 0 Å². The Morgan fingerprint density at radius 3 is 1.11 bits per heavy atom. The average molecular weight is 234 g/mol. The molecule has 18 heavy (non-hydrogen) atoms. The fourth-order valence-corrected chi connectivity index (χ4v) is 1.16. The van der Waals surface area contributed by atoms with Crippen molar-refractivity contribution in [3.63, 3.8) is 0 Å². The highest BCUT2D eigenvalue weighted by atomic mass is 14.5. The molecule has 0 aliphatic carbocycles. The molecule has 0 spiro atoms. The minimum atomic E-state index is 0.744. The molecular formula is C16H14N2. The minimum absolute atomic E-state index is 0.744. The van der Waals surface area contributed by atoms with E-state index < -0.39 is 0 Å². The Morgan fingerprint density at radius 2 is 0.889 bits per heavy atom. The van der Waals surface area contributed by atoms with Gasteiger partial charge in [-0.15, -0.1) is 12.8 Å². The molecule has 2 aromatic rings. The van der Waals surface area contributed by atoms with Gasteiger partial charge in [-0.3, -0.25) is 0 Å². The number of anilines is 2. The summed E-state index contributed by atoms with van der Waals surface area (Å²) in [7, 11) is 0. The average Bonchev–Trinajstić information content (AvgIpc) is 2.41. The van der Waals surface area contributed by atoms with Gasteiger partial charge in [0.2, 0.25) is 0 Å². The Bertz CT molecular complexity index is 511. The van der Waals surface area contributed by atoms with E-state index in [2.05, 4.69) is 11.8 Å². The van der Waals surface area contributed by atoms with Gasteiger partial charge in [-0.1, -0.05) is 11.8 Å². The molecule has 0 atom stereocenters. The van der Waals surface area contributed by atoms with Crippen LogP contribution in [0.2, 0.25) is 0 Å². The quantitative estimate of drug-likeness (QED) is 0.543. The van der Waals surface area contributed by atoms with Crippen LogP contribution in [0, 0.1) is 24.7 Å². The second kappa shape index (κ2) is 6.68. The molecule has 0 unspecified atom stereocenters. The molecule has 0 saturated carbocycles. The van der Waals surface area contributed by atoms with Gasteiger partial charge in [0.15, 0.2) is 0 Å². The van der Waals surface area contributed by atoms with E-state index in [1.807, 2.05) is 24.3 Å². The number of hydrogen-bond acceptors (Lipinski definition) is 2. The second-order valence-electron chi connectivity index (χ2n) is 3.53. The van der Waals surface area contributed by atoms with E-state index in [-0.39, 0.29) is 0 Å². The number of benzene rings is 2. The van der Waals surface area contributed by atoms with Crippen molar-refractivity contribution in [1.29, 1.82) is 0 Å². The SMILES string of the molecule is C#Cc1ccc(N)cc1.C#Cc1ccc(N)cc1. The van der Waals surface area contributed by atoms with Gasteiger partial charge in [0.05, 0.1) is 0 Å². The lowest BCUT2D eigenvalue weighted by Gasteiger charge is -1.89. The van der Waals surface area contributed by atoms with Crippen LogP contribution in [-0.4, -0.2) is 0 Å². The molecule has 0 amide bonds. The standard InChI is InChI=1S/2C8H7N/c2*1-2-7-3-5-8(9)6-4-7/h2*1,3-6H,9H2. The first-order valence-corrected chi connectivity index (χ1v) is 5.30. The normalized spacial score (nSPS) is 8.33. The van der Waals surface area contributed by atoms with Crippen molar-refractivity contribution in [1.82, 2.24) is 0 Å². The Hall–Kier alpha value is -2.84. The summed E-state index contributed by atoms with van der Waals surface area (Å²) in [5.41, 5.74) is 14.0. The first-order chi connectivity index (χ1) is 8.65. The second-order valence-corrected chi connectivity index (χ2v) is 3.53. The maximum atomic E-state index is 5.41. The van der Waals surface area contributed by atoms with E-state index in [1.54, 1.807) is 24.3 Å². The van der Waals surface area contributed by atoms with Crippen molar-refractivity contribution in [3.05, 3.63) is 59.7 Å². The van der Waals surface area contributed by atoms with Gasteiger partial charge < -0.3 is 11.5 Å². The minimum Gasteiger partial charge on any atom is -0.399 e. The van der Waals surface area contributed by atoms with Crippen LogP contribution in [0.4, 0.5) is 11.4 Å². The molecular weight excluding hydrogens is 220 g/mol. The third-order valence-electron chi connectivity index (χ3n) is 2.15. The Kier molecular flexibility index (Phi) is 4.91. The zero-order valence-electron chi connectivity index (χ0n) is 9.93. The number of nitrogen functional groups attached to an aromatic ring is 2. The molecule has 88 valence electrons. The summed E-state index contributed by atoms with van der Waals surface area (Å²) in [6.07, 6.45) is 10.2. The number of rotatable bonds is 0. The molecule has 2 aromatic carbocycles. The fourth-order valence-electron chi connectivity index (χ4n) is 1.16. The predicted molar refractivity (Wildman–Crippen MR) is 77.6 cm³/mol. The molecule has 2 rings (SSSR count). The summed E-state index contributed by atoms with van der Waals surface area (Å²) in [6.45, 7) is 0. The summed E-state index contributed by atoms with van der Waals surface area (Å²) >= 11 is 0. The largest absolute Gasteiger partial charge is 0.399 e. The van der Waals surface area contributed by atoms with Crippen LogP contribution in [0.3, 0.4) is 0 Å². The van der Waals surface area contributed by atoms with Gasteiger partial charge in [-0.2, -0.15) is 0 Å². The van der Waals surface area contributed by atoms with Gasteiger partial charge in [-0.05, 0) is 48.5 Å². The highest BCUT2D eigenvalue weighted by molar-refractivity contribution is 5.44. The monoisotopic (exact) mass is 234 g/mol. The molecule has 0 aliphatic heterocycles. The van der Waals surface area contributed by atoms with Crippen LogP contribution in [0.25, 0.3) is 0 Å². The molecule has 2 heteroatoms. The zero-order valence-corrected chi connectivity index (χ0v) is 9.93. The van der Waals surface area contributed by atoms with Crippen molar-refractivity contribution in [2.24, 2.45) is 0 Å². The Labute approximate surface area is 108 Å². The summed E-state index contributed by atoms with van der Waals surface area (Å²) in [6, 6.07) is 14.4. The van der Waals surface area contributed by atoms with Crippen molar-refractivity contribution in [2.45, 2.75) is 0 Å². The molecule has 0 saturated heterocycles. The van der Waals surface area contributed by atoms with E-state index in [9.17, 15) is 0 Å². The van der Waals surface area contributed by atoms with Crippen molar-refractivity contribution in [2.75, 3.05) is 11.5 Å². The van der Waals surface area contributed by atoms with E-state index in [0.717, 1.165) is 22.5 Å². The van der Waals surface area contributed by atoms with Crippen LogP contribution in [0.15, 0.2) is 48.5 Å².